The van der Waals surface area contributed by atoms with Crippen LogP contribution >= 0.6 is 0 Å². The summed E-state index contributed by atoms with van der Waals surface area (Å²) in [6.45, 7) is -0.357. The number of Topliss-reactive ketones (excluding diaryl/α,β-unsaturated/α-hetero) is 3. The summed E-state index contributed by atoms with van der Waals surface area (Å²) in [5, 5.41) is 35.4. The van der Waals surface area contributed by atoms with E-state index in [2.05, 4.69) is 5.32 Å². The number of likely N-dealkylation sites (N-methyl/N-ethyl adjacent to an activating group) is 1. The predicted molar refractivity (Wildman–Crippen MR) is 120 cm³/mol. The van der Waals surface area contributed by atoms with Crippen LogP contribution in [0.1, 0.15) is 22.3 Å². The van der Waals surface area contributed by atoms with Crippen LogP contribution in [0.15, 0.2) is 12.1 Å². The SMILES string of the molecule is CN(C)[C@H]1C(O)C(C(N)=O)C(=O)[C@]2(O)C(=O)C3C(=O)c4c(ccc(NC(=O)CN)c4O)C[C@@H]3C[C@H]12. The Morgan fingerprint density at radius 1 is 1.20 bits per heavy atom. The Hall–Kier alpha value is -3.19. The van der Waals surface area contributed by atoms with Crippen molar-refractivity contribution in [3.05, 3.63) is 23.3 Å². The molecule has 2 saturated carbocycles. The van der Waals surface area contributed by atoms with Crippen molar-refractivity contribution in [2.45, 2.75) is 30.6 Å². The summed E-state index contributed by atoms with van der Waals surface area (Å²) in [4.78, 5) is 65.7. The van der Waals surface area contributed by atoms with E-state index in [0.717, 1.165) is 0 Å². The number of nitrogens with two attached hydrogens (primary N) is 2. The number of nitrogens with one attached hydrogen (secondary N) is 1. The molecule has 7 atom stereocenters. The number of ketones is 3. The molecule has 3 aliphatic rings. The largest absolute Gasteiger partial charge is 0.505 e. The van der Waals surface area contributed by atoms with Gasteiger partial charge in [-0.3, -0.25) is 24.0 Å². The fourth-order valence-corrected chi connectivity index (χ4v) is 6.10. The summed E-state index contributed by atoms with van der Waals surface area (Å²) in [6.07, 6.45) is -1.34. The molecule has 0 spiro atoms. The predicted octanol–water partition coefficient (Wildman–Crippen LogP) is -2.44. The summed E-state index contributed by atoms with van der Waals surface area (Å²) in [5.74, 6) is -10.4. The molecule has 0 saturated heterocycles. The third-order valence-corrected chi connectivity index (χ3v) is 7.62. The highest BCUT2D eigenvalue weighted by Crippen LogP contribution is 2.51. The number of carbonyl (C=O) groups excluding carboxylic acids is 5. The number of amides is 2. The second kappa shape index (κ2) is 8.48. The minimum absolute atomic E-state index is 0.0294. The molecule has 1 aromatic rings. The van der Waals surface area contributed by atoms with Crippen LogP contribution < -0.4 is 16.8 Å². The topological polar surface area (TPSA) is 213 Å². The first-order valence-corrected chi connectivity index (χ1v) is 11.2. The number of rotatable bonds is 4. The van der Waals surface area contributed by atoms with E-state index in [0.29, 0.717) is 5.56 Å². The molecular formula is C23H28N4O8. The minimum atomic E-state index is -2.72. The number of carbonyl (C=O) groups is 5. The van der Waals surface area contributed by atoms with Gasteiger partial charge in [0.1, 0.15) is 11.7 Å². The van der Waals surface area contributed by atoms with E-state index >= 15 is 0 Å². The Labute approximate surface area is 200 Å². The molecule has 0 radical (unpaired) electrons. The molecule has 35 heavy (non-hydrogen) atoms. The zero-order chi connectivity index (χ0) is 26.0. The van der Waals surface area contributed by atoms with Crippen LogP contribution in [-0.2, 0) is 25.6 Å². The lowest BCUT2D eigenvalue weighted by Gasteiger charge is -2.54. The number of benzene rings is 1. The van der Waals surface area contributed by atoms with Crippen molar-refractivity contribution in [1.29, 1.82) is 0 Å². The van der Waals surface area contributed by atoms with Gasteiger partial charge in [-0.05, 0) is 44.5 Å². The lowest BCUT2D eigenvalue weighted by atomic mass is 9.52. The van der Waals surface area contributed by atoms with E-state index in [4.69, 9.17) is 11.5 Å². The monoisotopic (exact) mass is 488 g/mol. The zero-order valence-electron chi connectivity index (χ0n) is 19.2. The van der Waals surface area contributed by atoms with E-state index < -0.39 is 76.3 Å². The smallest absolute Gasteiger partial charge is 0.238 e. The van der Waals surface area contributed by atoms with Gasteiger partial charge in [0.15, 0.2) is 23.0 Å². The van der Waals surface area contributed by atoms with Crippen LogP contribution in [0.4, 0.5) is 5.69 Å². The lowest BCUT2D eigenvalue weighted by molar-refractivity contribution is -0.190. The number of phenolic OH excluding ortho intramolecular Hbond substituents is 1. The Morgan fingerprint density at radius 3 is 2.43 bits per heavy atom. The normalized spacial score (nSPS) is 34.2. The number of primary amides is 1. The fourth-order valence-electron chi connectivity index (χ4n) is 6.10. The molecule has 0 heterocycles. The second-order valence-corrected chi connectivity index (χ2v) is 9.72. The Bertz CT molecular complexity index is 1150. The summed E-state index contributed by atoms with van der Waals surface area (Å²) in [5.41, 5.74) is 8.10. The zero-order valence-corrected chi connectivity index (χ0v) is 19.2. The van der Waals surface area contributed by atoms with Crippen molar-refractivity contribution in [2.75, 3.05) is 26.0 Å². The molecule has 0 aromatic heterocycles. The highest BCUT2D eigenvalue weighted by molar-refractivity contribution is 6.25. The molecule has 12 nitrogen and oxygen atoms in total. The highest BCUT2D eigenvalue weighted by Gasteiger charge is 2.69. The molecule has 4 rings (SSSR count). The molecule has 3 aliphatic carbocycles. The van der Waals surface area contributed by atoms with E-state index in [1.165, 1.54) is 11.0 Å². The van der Waals surface area contributed by atoms with Crippen molar-refractivity contribution >= 4 is 34.9 Å². The van der Waals surface area contributed by atoms with Gasteiger partial charge in [0.25, 0.3) is 0 Å². The fraction of sp³-hybridized carbons (Fsp3) is 0.522. The molecular weight excluding hydrogens is 460 g/mol. The Morgan fingerprint density at radius 2 is 1.86 bits per heavy atom. The first kappa shape index (κ1) is 24.9. The van der Waals surface area contributed by atoms with Crippen molar-refractivity contribution in [2.24, 2.45) is 35.1 Å². The van der Waals surface area contributed by atoms with Crippen LogP contribution in [-0.4, -0.2) is 87.8 Å². The Kier molecular flexibility index (Phi) is 6.04. The maximum Gasteiger partial charge on any atom is 0.238 e. The number of fused-ring (bicyclic) bond motifs is 3. The molecule has 0 bridgehead atoms. The van der Waals surface area contributed by atoms with Gasteiger partial charge in [0.05, 0.1) is 29.8 Å². The number of phenols is 1. The van der Waals surface area contributed by atoms with E-state index in [1.54, 1.807) is 20.2 Å². The summed E-state index contributed by atoms with van der Waals surface area (Å²) in [7, 11) is 3.16. The molecule has 188 valence electrons. The van der Waals surface area contributed by atoms with Crippen molar-refractivity contribution in [1.82, 2.24) is 4.90 Å². The molecule has 8 N–H and O–H groups in total. The molecule has 12 heteroatoms. The third-order valence-electron chi connectivity index (χ3n) is 7.62. The van der Waals surface area contributed by atoms with Crippen LogP contribution in [0.2, 0.25) is 0 Å². The second-order valence-electron chi connectivity index (χ2n) is 9.72. The average Bonchev–Trinajstić information content (AvgIpc) is 2.77. The first-order valence-electron chi connectivity index (χ1n) is 11.2. The number of aliphatic hydroxyl groups is 2. The summed E-state index contributed by atoms with van der Waals surface area (Å²) < 4.78 is 0. The standard InChI is InChI=1S/C23H28N4O8/c1-27(2)16-10-6-9-5-8-3-4-11(26-12(28)7-24)17(29)13(8)18(30)14(9)20(32)23(10,35)21(33)15(19(16)31)22(25)34/h3-4,9-10,14-16,19,29,31,35H,5-7,24H2,1-2H3,(H2,25,34)(H,26,28)/t9-,10-,14?,15?,16-,19?,23-/m1/s1. The Balaban J connectivity index is 1.81. The number of hydrogen-bond acceptors (Lipinski definition) is 10. The molecule has 1 aromatic carbocycles. The van der Waals surface area contributed by atoms with Crippen LogP contribution in [0.25, 0.3) is 0 Å². The van der Waals surface area contributed by atoms with Crippen molar-refractivity contribution < 1.29 is 39.3 Å². The number of anilines is 1. The average molecular weight is 488 g/mol. The van der Waals surface area contributed by atoms with Crippen molar-refractivity contribution in [3.63, 3.8) is 0 Å². The van der Waals surface area contributed by atoms with Gasteiger partial charge in [-0.15, -0.1) is 0 Å². The first-order chi connectivity index (χ1) is 16.4. The molecule has 0 aliphatic heterocycles. The van der Waals surface area contributed by atoms with Gasteiger partial charge in [0.2, 0.25) is 11.8 Å². The van der Waals surface area contributed by atoms with Gasteiger partial charge in [0, 0.05) is 12.0 Å². The minimum Gasteiger partial charge on any atom is -0.505 e. The van der Waals surface area contributed by atoms with Gasteiger partial charge in [-0.1, -0.05) is 6.07 Å². The quantitative estimate of drug-likeness (QED) is 0.194. The van der Waals surface area contributed by atoms with Gasteiger partial charge in [-0.25, -0.2) is 0 Å². The molecule has 2 fully saturated rings. The van der Waals surface area contributed by atoms with Gasteiger partial charge >= 0.3 is 0 Å². The molecule has 3 unspecified atom stereocenters. The van der Waals surface area contributed by atoms with E-state index in [-0.39, 0.29) is 30.6 Å². The molecule has 2 amide bonds. The van der Waals surface area contributed by atoms with Gasteiger partial charge < -0.3 is 37.0 Å². The lowest BCUT2D eigenvalue weighted by Crippen LogP contribution is -2.75. The number of aromatic hydroxyl groups is 1. The third kappa shape index (κ3) is 3.47. The summed E-state index contributed by atoms with van der Waals surface area (Å²) in [6, 6.07) is 2.01. The summed E-state index contributed by atoms with van der Waals surface area (Å²) >= 11 is 0. The number of nitrogens with zero attached hydrogens (tertiary/aromatic N) is 1. The maximum atomic E-state index is 13.7. The van der Waals surface area contributed by atoms with E-state index in [1.807, 2.05) is 0 Å². The maximum absolute atomic E-state index is 13.7. The van der Waals surface area contributed by atoms with Crippen LogP contribution in [0, 0.1) is 23.7 Å². The van der Waals surface area contributed by atoms with E-state index in [9.17, 15) is 39.3 Å². The number of aliphatic hydroxyl groups excluding tert-OH is 1. The highest BCUT2D eigenvalue weighted by atomic mass is 16.3. The van der Waals surface area contributed by atoms with Crippen molar-refractivity contribution in [3.8, 4) is 5.75 Å². The van der Waals surface area contributed by atoms with Crippen LogP contribution in [0.5, 0.6) is 5.75 Å². The number of hydrogen-bond donors (Lipinski definition) is 6. The van der Waals surface area contributed by atoms with Gasteiger partial charge in [-0.2, -0.15) is 0 Å². The van der Waals surface area contributed by atoms with Crippen LogP contribution in [0.3, 0.4) is 0 Å².